The van der Waals surface area contributed by atoms with E-state index in [9.17, 15) is 0 Å². The average molecular weight is 206 g/mol. The van der Waals surface area contributed by atoms with Gasteiger partial charge in [-0.2, -0.15) is 0 Å². The lowest BCUT2D eigenvalue weighted by Crippen LogP contribution is -2.27. The molecule has 0 saturated carbocycles. The van der Waals surface area contributed by atoms with E-state index in [0.717, 1.165) is 6.54 Å². The van der Waals surface area contributed by atoms with Crippen LogP contribution in [0.25, 0.3) is 0 Å². The van der Waals surface area contributed by atoms with Crippen molar-refractivity contribution in [2.24, 2.45) is 5.73 Å². The van der Waals surface area contributed by atoms with E-state index < -0.39 is 0 Å². The van der Waals surface area contributed by atoms with Crippen LogP contribution in [0.3, 0.4) is 0 Å². The number of benzene rings is 1. The van der Waals surface area contributed by atoms with Crippen molar-refractivity contribution in [3.63, 3.8) is 0 Å². The second-order valence-electron chi connectivity index (χ2n) is 3.92. The average Bonchev–Trinajstić information content (AvgIpc) is 2.31. The molecule has 0 radical (unpaired) electrons. The van der Waals surface area contributed by atoms with Gasteiger partial charge in [0.05, 0.1) is 0 Å². The van der Waals surface area contributed by atoms with E-state index in [1.165, 1.54) is 24.0 Å². The molecule has 0 spiro atoms. The third-order valence-corrected chi connectivity index (χ3v) is 2.81. The molecule has 0 fully saturated rings. The minimum atomic E-state index is 0.624. The molecule has 0 aliphatic heterocycles. The molecule has 0 aliphatic carbocycles. The summed E-state index contributed by atoms with van der Waals surface area (Å²) in [4.78, 5) is 0. The molecule has 15 heavy (non-hydrogen) atoms. The Balaban J connectivity index is 2.49. The largest absolute Gasteiger partial charge is 0.326 e. The van der Waals surface area contributed by atoms with Crippen molar-refractivity contribution in [1.29, 1.82) is 0 Å². The standard InChI is InChI=1S/C13H22N2/c1-3-13(4-2)15-10-12-7-5-6-11(8-12)9-14/h5-8,13,15H,3-4,9-10,14H2,1-2H3. The van der Waals surface area contributed by atoms with Crippen molar-refractivity contribution in [2.75, 3.05) is 0 Å². The van der Waals surface area contributed by atoms with Crippen molar-refractivity contribution < 1.29 is 0 Å². The molecule has 0 heterocycles. The summed E-state index contributed by atoms with van der Waals surface area (Å²) in [5, 5.41) is 3.55. The van der Waals surface area contributed by atoms with Gasteiger partial charge in [-0.1, -0.05) is 38.1 Å². The summed E-state index contributed by atoms with van der Waals surface area (Å²) < 4.78 is 0. The minimum absolute atomic E-state index is 0.624. The summed E-state index contributed by atoms with van der Waals surface area (Å²) in [5.41, 5.74) is 8.14. The fourth-order valence-corrected chi connectivity index (χ4v) is 1.71. The van der Waals surface area contributed by atoms with E-state index in [4.69, 9.17) is 5.73 Å². The Labute approximate surface area is 92.9 Å². The van der Waals surface area contributed by atoms with Gasteiger partial charge in [0.25, 0.3) is 0 Å². The smallest absolute Gasteiger partial charge is 0.0208 e. The van der Waals surface area contributed by atoms with Crippen LogP contribution in [0, 0.1) is 0 Å². The maximum absolute atomic E-state index is 5.61. The van der Waals surface area contributed by atoms with Gasteiger partial charge >= 0.3 is 0 Å². The number of hydrogen-bond donors (Lipinski definition) is 2. The van der Waals surface area contributed by atoms with Gasteiger partial charge in [0, 0.05) is 19.1 Å². The molecule has 3 N–H and O–H groups in total. The summed E-state index contributed by atoms with van der Waals surface area (Å²) in [6, 6.07) is 9.10. The van der Waals surface area contributed by atoms with E-state index in [2.05, 4.69) is 43.4 Å². The second kappa shape index (κ2) is 6.59. The third kappa shape index (κ3) is 4.02. The lowest BCUT2D eigenvalue weighted by atomic mass is 10.1. The first-order chi connectivity index (χ1) is 7.30. The van der Waals surface area contributed by atoms with Gasteiger partial charge in [0.1, 0.15) is 0 Å². The van der Waals surface area contributed by atoms with E-state index in [-0.39, 0.29) is 0 Å². The Kier molecular flexibility index (Phi) is 5.37. The molecule has 2 nitrogen and oxygen atoms in total. The quantitative estimate of drug-likeness (QED) is 0.750. The molecule has 84 valence electrons. The molecule has 0 aromatic heterocycles. The highest BCUT2D eigenvalue weighted by atomic mass is 14.9. The molecule has 1 aromatic carbocycles. The summed E-state index contributed by atoms with van der Waals surface area (Å²) in [6.45, 7) is 6.01. The van der Waals surface area contributed by atoms with Gasteiger partial charge in [-0.3, -0.25) is 0 Å². The first-order valence-corrected chi connectivity index (χ1v) is 5.81. The van der Waals surface area contributed by atoms with Crippen LogP contribution >= 0.6 is 0 Å². The van der Waals surface area contributed by atoms with Crippen LogP contribution in [-0.4, -0.2) is 6.04 Å². The van der Waals surface area contributed by atoms with Crippen molar-refractivity contribution in [3.05, 3.63) is 35.4 Å². The normalized spacial score (nSPS) is 10.9. The highest BCUT2D eigenvalue weighted by Crippen LogP contribution is 2.05. The summed E-state index contributed by atoms with van der Waals surface area (Å²) >= 11 is 0. The number of hydrogen-bond acceptors (Lipinski definition) is 2. The van der Waals surface area contributed by atoms with E-state index in [0.29, 0.717) is 12.6 Å². The van der Waals surface area contributed by atoms with Gasteiger partial charge in [-0.05, 0) is 24.0 Å². The fourth-order valence-electron chi connectivity index (χ4n) is 1.71. The van der Waals surface area contributed by atoms with E-state index in [1.807, 2.05) is 0 Å². The molecule has 0 unspecified atom stereocenters. The van der Waals surface area contributed by atoms with Crippen LogP contribution in [0.1, 0.15) is 37.8 Å². The summed E-state index contributed by atoms with van der Waals surface area (Å²) in [7, 11) is 0. The second-order valence-corrected chi connectivity index (χ2v) is 3.92. The Morgan fingerprint density at radius 3 is 2.47 bits per heavy atom. The highest BCUT2D eigenvalue weighted by Gasteiger charge is 2.02. The SMILES string of the molecule is CCC(CC)NCc1cccc(CN)c1. The summed E-state index contributed by atoms with van der Waals surface area (Å²) in [6.07, 6.45) is 2.38. The Morgan fingerprint density at radius 2 is 1.87 bits per heavy atom. The Morgan fingerprint density at radius 1 is 1.20 bits per heavy atom. The predicted molar refractivity (Wildman–Crippen MR) is 65.5 cm³/mol. The van der Waals surface area contributed by atoms with Crippen molar-refractivity contribution in [3.8, 4) is 0 Å². The molecule has 0 atom stereocenters. The Bertz CT molecular complexity index is 280. The van der Waals surface area contributed by atoms with Gasteiger partial charge in [-0.15, -0.1) is 0 Å². The highest BCUT2D eigenvalue weighted by molar-refractivity contribution is 5.23. The number of rotatable bonds is 6. The maximum atomic E-state index is 5.61. The van der Waals surface area contributed by atoms with Gasteiger partial charge in [-0.25, -0.2) is 0 Å². The van der Waals surface area contributed by atoms with E-state index >= 15 is 0 Å². The Hall–Kier alpha value is -0.860. The zero-order chi connectivity index (χ0) is 11.1. The first kappa shape index (κ1) is 12.2. The molecule has 1 aromatic rings. The van der Waals surface area contributed by atoms with Gasteiger partial charge in [0.15, 0.2) is 0 Å². The van der Waals surface area contributed by atoms with Crippen molar-refractivity contribution in [2.45, 2.75) is 45.8 Å². The van der Waals surface area contributed by atoms with Crippen LogP contribution in [0.5, 0.6) is 0 Å². The molecule has 0 aliphatic rings. The number of nitrogens with two attached hydrogens (primary N) is 1. The van der Waals surface area contributed by atoms with Crippen molar-refractivity contribution in [1.82, 2.24) is 5.32 Å². The van der Waals surface area contributed by atoms with Gasteiger partial charge in [0.2, 0.25) is 0 Å². The molecule has 2 heteroatoms. The minimum Gasteiger partial charge on any atom is -0.326 e. The first-order valence-electron chi connectivity index (χ1n) is 5.81. The molecular formula is C13H22N2. The van der Waals surface area contributed by atoms with Crippen LogP contribution in [0.15, 0.2) is 24.3 Å². The van der Waals surface area contributed by atoms with Crippen LogP contribution in [-0.2, 0) is 13.1 Å². The van der Waals surface area contributed by atoms with Gasteiger partial charge < -0.3 is 11.1 Å². The van der Waals surface area contributed by atoms with Crippen LogP contribution < -0.4 is 11.1 Å². The summed E-state index contributed by atoms with van der Waals surface area (Å²) in [5.74, 6) is 0. The molecular weight excluding hydrogens is 184 g/mol. The van der Waals surface area contributed by atoms with Crippen LogP contribution in [0.4, 0.5) is 0 Å². The lowest BCUT2D eigenvalue weighted by Gasteiger charge is -2.14. The molecule has 0 bridgehead atoms. The van der Waals surface area contributed by atoms with E-state index in [1.54, 1.807) is 0 Å². The maximum Gasteiger partial charge on any atom is 0.0208 e. The molecule has 1 rings (SSSR count). The topological polar surface area (TPSA) is 38.0 Å². The molecule has 0 amide bonds. The predicted octanol–water partition coefficient (Wildman–Crippen LogP) is 2.42. The molecule has 0 saturated heterocycles. The zero-order valence-electron chi connectivity index (χ0n) is 9.79. The van der Waals surface area contributed by atoms with Crippen LogP contribution in [0.2, 0.25) is 0 Å². The number of nitrogens with one attached hydrogen (secondary N) is 1. The third-order valence-electron chi connectivity index (χ3n) is 2.81. The van der Waals surface area contributed by atoms with Crippen molar-refractivity contribution >= 4 is 0 Å². The fraction of sp³-hybridized carbons (Fsp3) is 0.538. The lowest BCUT2D eigenvalue weighted by molar-refractivity contribution is 0.484. The monoisotopic (exact) mass is 206 g/mol. The zero-order valence-corrected chi connectivity index (χ0v) is 9.79.